The molecule has 0 amide bonds. The lowest BCUT2D eigenvalue weighted by atomic mass is 9.87. The Kier molecular flexibility index (Phi) is 5.05. The first-order chi connectivity index (χ1) is 8.57. The third-order valence-electron chi connectivity index (χ3n) is 4.75. The number of nitrogens with one attached hydrogen (secondary N) is 1. The van der Waals surface area contributed by atoms with E-state index in [2.05, 4.69) is 36.1 Å². The lowest BCUT2D eigenvalue weighted by molar-refractivity contribution is 0.122. The molecule has 3 nitrogen and oxygen atoms in total. The van der Waals surface area contributed by atoms with Crippen molar-refractivity contribution in [3.05, 3.63) is 0 Å². The highest BCUT2D eigenvalue weighted by molar-refractivity contribution is 4.87. The van der Waals surface area contributed by atoms with Gasteiger partial charge in [-0.2, -0.15) is 0 Å². The summed E-state index contributed by atoms with van der Waals surface area (Å²) in [6.07, 6.45) is 5.57. The second-order valence-corrected chi connectivity index (χ2v) is 7.05. The first-order valence-electron chi connectivity index (χ1n) is 7.65. The Labute approximate surface area is 113 Å². The molecular formula is C15H31N3. The van der Waals surface area contributed by atoms with Crippen LogP contribution in [0.5, 0.6) is 0 Å². The van der Waals surface area contributed by atoms with Crippen LogP contribution in [-0.2, 0) is 0 Å². The molecule has 106 valence electrons. The largest absolute Gasteiger partial charge is 0.316 e. The Morgan fingerprint density at radius 1 is 1.28 bits per heavy atom. The van der Waals surface area contributed by atoms with E-state index in [1.54, 1.807) is 0 Å². The number of hydrogen-bond donors (Lipinski definition) is 1. The normalized spacial score (nSPS) is 31.3. The average molecular weight is 253 g/mol. The molecule has 2 aliphatic rings. The van der Waals surface area contributed by atoms with Crippen molar-refractivity contribution in [3.8, 4) is 0 Å². The van der Waals surface area contributed by atoms with Crippen LogP contribution in [0.3, 0.4) is 0 Å². The van der Waals surface area contributed by atoms with Crippen LogP contribution < -0.4 is 5.32 Å². The monoisotopic (exact) mass is 253 g/mol. The van der Waals surface area contributed by atoms with Gasteiger partial charge >= 0.3 is 0 Å². The van der Waals surface area contributed by atoms with Crippen LogP contribution in [-0.4, -0.2) is 63.2 Å². The molecule has 2 rings (SSSR count). The zero-order valence-electron chi connectivity index (χ0n) is 12.5. The number of likely N-dealkylation sites (tertiary alicyclic amines) is 1. The molecule has 1 unspecified atom stereocenters. The molecule has 0 saturated carbocycles. The molecule has 1 N–H and O–H groups in total. The van der Waals surface area contributed by atoms with Gasteiger partial charge in [0, 0.05) is 13.1 Å². The van der Waals surface area contributed by atoms with Crippen molar-refractivity contribution in [1.82, 2.24) is 15.1 Å². The number of rotatable bonds is 5. The van der Waals surface area contributed by atoms with Gasteiger partial charge in [0.1, 0.15) is 0 Å². The van der Waals surface area contributed by atoms with Crippen LogP contribution in [0.15, 0.2) is 0 Å². The maximum absolute atomic E-state index is 3.51. The summed E-state index contributed by atoms with van der Waals surface area (Å²) in [6, 6.07) is 0. The molecule has 0 spiro atoms. The lowest BCUT2D eigenvalue weighted by Crippen LogP contribution is -2.42. The molecule has 2 saturated heterocycles. The third-order valence-corrected chi connectivity index (χ3v) is 4.75. The second-order valence-electron chi connectivity index (χ2n) is 7.05. The van der Waals surface area contributed by atoms with Gasteiger partial charge in [0.25, 0.3) is 0 Å². The third kappa shape index (κ3) is 4.22. The summed E-state index contributed by atoms with van der Waals surface area (Å²) in [7, 11) is 4.37. The summed E-state index contributed by atoms with van der Waals surface area (Å²) in [5, 5.41) is 3.51. The van der Waals surface area contributed by atoms with Crippen LogP contribution in [0.2, 0.25) is 0 Å². The zero-order valence-corrected chi connectivity index (χ0v) is 12.5. The minimum atomic E-state index is 0.538. The SMILES string of the molecule is CN(C)CCC1CCN(CC2(C)CCNC2)CC1. The Morgan fingerprint density at radius 2 is 2.00 bits per heavy atom. The Bertz CT molecular complexity index is 238. The molecule has 0 aliphatic carbocycles. The smallest absolute Gasteiger partial charge is 0.00480 e. The molecule has 0 aromatic carbocycles. The highest BCUT2D eigenvalue weighted by Crippen LogP contribution is 2.28. The van der Waals surface area contributed by atoms with Crippen molar-refractivity contribution >= 4 is 0 Å². The highest BCUT2D eigenvalue weighted by Gasteiger charge is 2.31. The van der Waals surface area contributed by atoms with Crippen LogP contribution in [0, 0.1) is 11.3 Å². The minimum absolute atomic E-state index is 0.538. The minimum Gasteiger partial charge on any atom is -0.316 e. The molecule has 0 aromatic rings. The van der Waals surface area contributed by atoms with Crippen molar-refractivity contribution in [2.24, 2.45) is 11.3 Å². The standard InChI is InChI=1S/C15H31N3/c1-15(7-8-16-12-15)13-18-10-5-14(6-11-18)4-9-17(2)3/h14,16H,4-13H2,1-3H3. The Hall–Kier alpha value is -0.120. The van der Waals surface area contributed by atoms with Crippen molar-refractivity contribution in [3.63, 3.8) is 0 Å². The van der Waals surface area contributed by atoms with Gasteiger partial charge in [0.05, 0.1) is 0 Å². The van der Waals surface area contributed by atoms with Crippen LogP contribution in [0.25, 0.3) is 0 Å². The summed E-state index contributed by atoms with van der Waals surface area (Å²) in [5.41, 5.74) is 0.538. The van der Waals surface area contributed by atoms with Gasteiger partial charge in [0.2, 0.25) is 0 Å². The Balaban J connectivity index is 1.67. The van der Waals surface area contributed by atoms with Gasteiger partial charge in [-0.05, 0) is 77.3 Å². The summed E-state index contributed by atoms with van der Waals surface area (Å²) >= 11 is 0. The molecular weight excluding hydrogens is 222 g/mol. The van der Waals surface area contributed by atoms with E-state index < -0.39 is 0 Å². The van der Waals surface area contributed by atoms with Crippen molar-refractivity contribution in [2.45, 2.75) is 32.6 Å². The number of nitrogens with zero attached hydrogens (tertiary/aromatic N) is 2. The summed E-state index contributed by atoms with van der Waals surface area (Å²) in [5.74, 6) is 0.971. The van der Waals surface area contributed by atoms with Gasteiger partial charge in [-0.3, -0.25) is 0 Å². The van der Waals surface area contributed by atoms with E-state index in [0.717, 1.165) is 5.92 Å². The van der Waals surface area contributed by atoms with Gasteiger partial charge in [-0.1, -0.05) is 6.92 Å². The molecule has 1 atom stereocenters. The average Bonchev–Trinajstić information content (AvgIpc) is 2.75. The number of hydrogen-bond acceptors (Lipinski definition) is 3. The fraction of sp³-hybridized carbons (Fsp3) is 1.00. The first kappa shape index (κ1) is 14.3. The van der Waals surface area contributed by atoms with E-state index in [-0.39, 0.29) is 0 Å². The van der Waals surface area contributed by atoms with Crippen molar-refractivity contribution in [1.29, 1.82) is 0 Å². The predicted octanol–water partition coefficient (Wildman–Crippen LogP) is 1.65. The quantitative estimate of drug-likeness (QED) is 0.804. The summed E-state index contributed by atoms with van der Waals surface area (Å²) in [4.78, 5) is 5.02. The van der Waals surface area contributed by atoms with Crippen LogP contribution >= 0.6 is 0 Å². The lowest BCUT2D eigenvalue weighted by Gasteiger charge is -2.37. The molecule has 0 radical (unpaired) electrons. The van der Waals surface area contributed by atoms with E-state index in [4.69, 9.17) is 0 Å². The first-order valence-corrected chi connectivity index (χ1v) is 7.65. The number of piperidine rings is 1. The maximum Gasteiger partial charge on any atom is 0.00480 e. The van der Waals surface area contributed by atoms with Gasteiger partial charge in [0.15, 0.2) is 0 Å². The van der Waals surface area contributed by atoms with E-state index in [1.165, 1.54) is 65.0 Å². The van der Waals surface area contributed by atoms with E-state index >= 15 is 0 Å². The van der Waals surface area contributed by atoms with Gasteiger partial charge in [-0.25, -0.2) is 0 Å². The van der Waals surface area contributed by atoms with Crippen molar-refractivity contribution in [2.75, 3.05) is 53.4 Å². The highest BCUT2D eigenvalue weighted by atomic mass is 15.1. The second kappa shape index (κ2) is 6.36. The molecule has 0 bridgehead atoms. The van der Waals surface area contributed by atoms with E-state index in [0.29, 0.717) is 5.41 Å². The van der Waals surface area contributed by atoms with E-state index in [9.17, 15) is 0 Å². The van der Waals surface area contributed by atoms with Gasteiger partial charge in [-0.15, -0.1) is 0 Å². The molecule has 18 heavy (non-hydrogen) atoms. The molecule has 3 heteroatoms. The van der Waals surface area contributed by atoms with Gasteiger partial charge < -0.3 is 15.1 Å². The molecule has 0 aromatic heterocycles. The summed E-state index contributed by atoms with van der Waals surface area (Å²) in [6.45, 7) is 10.1. The van der Waals surface area contributed by atoms with Crippen molar-refractivity contribution < 1.29 is 0 Å². The fourth-order valence-electron chi connectivity index (χ4n) is 3.42. The topological polar surface area (TPSA) is 18.5 Å². The Morgan fingerprint density at radius 3 is 2.56 bits per heavy atom. The fourth-order valence-corrected chi connectivity index (χ4v) is 3.42. The molecule has 2 heterocycles. The maximum atomic E-state index is 3.51. The van der Waals surface area contributed by atoms with Crippen LogP contribution in [0.4, 0.5) is 0 Å². The summed E-state index contributed by atoms with van der Waals surface area (Å²) < 4.78 is 0. The predicted molar refractivity (Wildman–Crippen MR) is 77.9 cm³/mol. The van der Waals surface area contributed by atoms with Crippen LogP contribution in [0.1, 0.15) is 32.6 Å². The molecule has 2 aliphatic heterocycles. The zero-order chi connectivity index (χ0) is 13.0. The molecule has 2 fully saturated rings. The van der Waals surface area contributed by atoms with E-state index in [1.807, 2.05) is 0 Å².